The van der Waals surface area contributed by atoms with Crippen molar-refractivity contribution < 1.29 is 4.74 Å². The molecule has 1 atom stereocenters. The average Bonchev–Trinajstić information content (AvgIpc) is 2.00. The largest absolute Gasteiger partial charge is 0.381 e. The van der Waals surface area contributed by atoms with Gasteiger partial charge in [0.2, 0.25) is 0 Å². The molecule has 0 saturated carbocycles. The standard InChI is InChI=1S/C8H17BrO/c1-4-8(3,6-9)7-10-5-2/h4-7H2,1-3H3. The molecular weight excluding hydrogens is 192 g/mol. The molecule has 2 heteroatoms. The van der Waals surface area contributed by atoms with Crippen molar-refractivity contribution in [2.45, 2.75) is 27.2 Å². The van der Waals surface area contributed by atoms with Gasteiger partial charge in [-0.15, -0.1) is 0 Å². The van der Waals surface area contributed by atoms with E-state index in [1.54, 1.807) is 0 Å². The fraction of sp³-hybridized carbons (Fsp3) is 1.00. The molecular formula is C8H17BrO. The van der Waals surface area contributed by atoms with Gasteiger partial charge in [-0.05, 0) is 13.3 Å². The van der Waals surface area contributed by atoms with Gasteiger partial charge in [0.1, 0.15) is 0 Å². The van der Waals surface area contributed by atoms with Gasteiger partial charge < -0.3 is 4.74 Å². The Hall–Kier alpha value is 0.440. The second-order valence-corrected chi connectivity index (χ2v) is 3.50. The third kappa shape index (κ3) is 3.57. The number of hydrogen-bond donors (Lipinski definition) is 0. The molecule has 0 fully saturated rings. The van der Waals surface area contributed by atoms with Crippen molar-refractivity contribution in [3.63, 3.8) is 0 Å². The highest BCUT2D eigenvalue weighted by Crippen LogP contribution is 2.23. The van der Waals surface area contributed by atoms with Gasteiger partial charge in [-0.2, -0.15) is 0 Å². The van der Waals surface area contributed by atoms with Gasteiger partial charge in [0.25, 0.3) is 0 Å². The van der Waals surface area contributed by atoms with E-state index in [-0.39, 0.29) is 0 Å². The van der Waals surface area contributed by atoms with Crippen molar-refractivity contribution >= 4 is 15.9 Å². The molecule has 0 radical (unpaired) electrons. The van der Waals surface area contributed by atoms with Gasteiger partial charge >= 0.3 is 0 Å². The normalized spacial score (nSPS) is 16.8. The Labute approximate surface area is 72.3 Å². The summed E-state index contributed by atoms with van der Waals surface area (Å²) in [4.78, 5) is 0. The van der Waals surface area contributed by atoms with E-state index < -0.39 is 0 Å². The van der Waals surface area contributed by atoms with Gasteiger partial charge in [0.05, 0.1) is 6.61 Å². The first-order valence-corrected chi connectivity index (χ1v) is 4.94. The van der Waals surface area contributed by atoms with Crippen LogP contribution >= 0.6 is 15.9 Å². The molecule has 1 unspecified atom stereocenters. The molecule has 1 nitrogen and oxygen atoms in total. The summed E-state index contributed by atoms with van der Waals surface area (Å²) in [5.74, 6) is 0. The van der Waals surface area contributed by atoms with Crippen LogP contribution in [-0.4, -0.2) is 18.5 Å². The molecule has 0 N–H and O–H groups in total. The number of alkyl halides is 1. The van der Waals surface area contributed by atoms with Gasteiger partial charge in [0, 0.05) is 17.4 Å². The number of hydrogen-bond acceptors (Lipinski definition) is 1. The highest BCUT2D eigenvalue weighted by Gasteiger charge is 2.19. The molecule has 0 amide bonds. The highest BCUT2D eigenvalue weighted by atomic mass is 79.9. The van der Waals surface area contributed by atoms with E-state index in [0.717, 1.165) is 25.0 Å². The predicted octanol–water partition coefficient (Wildman–Crippen LogP) is 2.83. The molecule has 0 spiro atoms. The average molecular weight is 209 g/mol. The van der Waals surface area contributed by atoms with E-state index >= 15 is 0 Å². The summed E-state index contributed by atoms with van der Waals surface area (Å²) in [5.41, 5.74) is 0.329. The van der Waals surface area contributed by atoms with E-state index in [1.807, 2.05) is 6.92 Å². The lowest BCUT2D eigenvalue weighted by Gasteiger charge is -2.24. The summed E-state index contributed by atoms with van der Waals surface area (Å²) >= 11 is 3.48. The van der Waals surface area contributed by atoms with Crippen molar-refractivity contribution in [2.75, 3.05) is 18.5 Å². The monoisotopic (exact) mass is 208 g/mol. The van der Waals surface area contributed by atoms with Crippen LogP contribution in [0.2, 0.25) is 0 Å². The van der Waals surface area contributed by atoms with Crippen LogP contribution < -0.4 is 0 Å². The van der Waals surface area contributed by atoms with Crippen LogP contribution in [0.4, 0.5) is 0 Å². The summed E-state index contributed by atoms with van der Waals surface area (Å²) < 4.78 is 5.35. The third-order valence-electron chi connectivity index (χ3n) is 1.83. The quantitative estimate of drug-likeness (QED) is 0.632. The zero-order valence-electron chi connectivity index (χ0n) is 7.11. The predicted molar refractivity (Wildman–Crippen MR) is 48.7 cm³/mol. The van der Waals surface area contributed by atoms with Crippen molar-refractivity contribution in [2.24, 2.45) is 5.41 Å². The van der Waals surface area contributed by atoms with Crippen molar-refractivity contribution in [1.29, 1.82) is 0 Å². The molecule has 0 aromatic heterocycles. The van der Waals surface area contributed by atoms with Crippen LogP contribution in [0.25, 0.3) is 0 Å². The highest BCUT2D eigenvalue weighted by molar-refractivity contribution is 9.09. The Kier molecular flexibility index (Phi) is 5.36. The Balaban J connectivity index is 3.58. The molecule has 10 heavy (non-hydrogen) atoms. The number of rotatable bonds is 5. The molecule has 0 aromatic carbocycles. The molecule has 62 valence electrons. The summed E-state index contributed by atoms with van der Waals surface area (Å²) in [6, 6.07) is 0. The topological polar surface area (TPSA) is 9.23 Å². The SMILES string of the molecule is CCOCC(C)(CC)CBr. The maximum atomic E-state index is 5.35. The molecule has 0 saturated heterocycles. The minimum absolute atomic E-state index is 0.329. The Morgan fingerprint density at radius 2 is 2.00 bits per heavy atom. The maximum Gasteiger partial charge on any atom is 0.0527 e. The summed E-state index contributed by atoms with van der Waals surface area (Å²) in [7, 11) is 0. The van der Waals surface area contributed by atoms with Gasteiger partial charge in [-0.1, -0.05) is 29.8 Å². The first-order chi connectivity index (χ1) is 4.68. The first-order valence-electron chi connectivity index (χ1n) is 3.82. The fourth-order valence-electron chi connectivity index (χ4n) is 0.584. The van der Waals surface area contributed by atoms with Crippen molar-refractivity contribution in [1.82, 2.24) is 0 Å². The van der Waals surface area contributed by atoms with E-state index in [9.17, 15) is 0 Å². The Morgan fingerprint density at radius 1 is 1.40 bits per heavy atom. The number of ether oxygens (including phenoxy) is 1. The van der Waals surface area contributed by atoms with Gasteiger partial charge in [-0.3, -0.25) is 0 Å². The van der Waals surface area contributed by atoms with Crippen LogP contribution in [0.5, 0.6) is 0 Å². The summed E-state index contributed by atoms with van der Waals surface area (Å²) in [5, 5.41) is 1.02. The summed E-state index contributed by atoms with van der Waals surface area (Å²) in [6.45, 7) is 8.15. The van der Waals surface area contributed by atoms with Crippen LogP contribution in [0.1, 0.15) is 27.2 Å². The van der Waals surface area contributed by atoms with Crippen molar-refractivity contribution in [3.05, 3.63) is 0 Å². The zero-order valence-corrected chi connectivity index (χ0v) is 8.70. The zero-order chi connectivity index (χ0) is 8.04. The lowest BCUT2D eigenvalue weighted by atomic mass is 9.92. The lowest BCUT2D eigenvalue weighted by molar-refractivity contribution is 0.0720. The van der Waals surface area contributed by atoms with E-state index in [4.69, 9.17) is 4.74 Å². The maximum absolute atomic E-state index is 5.35. The second kappa shape index (κ2) is 5.14. The smallest absolute Gasteiger partial charge is 0.0527 e. The van der Waals surface area contributed by atoms with Crippen LogP contribution in [0.3, 0.4) is 0 Å². The van der Waals surface area contributed by atoms with E-state index in [1.165, 1.54) is 0 Å². The van der Waals surface area contributed by atoms with Crippen LogP contribution in [0, 0.1) is 5.41 Å². The van der Waals surface area contributed by atoms with E-state index in [2.05, 4.69) is 29.8 Å². The molecule has 0 aliphatic rings. The Bertz CT molecular complexity index is 79.3. The lowest BCUT2D eigenvalue weighted by Crippen LogP contribution is -2.24. The van der Waals surface area contributed by atoms with Gasteiger partial charge in [0.15, 0.2) is 0 Å². The summed E-state index contributed by atoms with van der Waals surface area (Å²) in [6.07, 6.45) is 1.16. The molecule has 0 rings (SSSR count). The van der Waals surface area contributed by atoms with Crippen LogP contribution in [-0.2, 0) is 4.74 Å². The minimum Gasteiger partial charge on any atom is -0.381 e. The van der Waals surface area contributed by atoms with E-state index in [0.29, 0.717) is 5.41 Å². The third-order valence-corrected chi connectivity index (χ3v) is 3.18. The first kappa shape index (κ1) is 10.4. The molecule has 0 aliphatic carbocycles. The molecule has 0 aromatic rings. The second-order valence-electron chi connectivity index (χ2n) is 2.93. The minimum atomic E-state index is 0.329. The fourth-order valence-corrected chi connectivity index (χ4v) is 1.14. The Morgan fingerprint density at radius 3 is 2.30 bits per heavy atom. The van der Waals surface area contributed by atoms with Gasteiger partial charge in [-0.25, -0.2) is 0 Å². The molecule has 0 aliphatic heterocycles. The van der Waals surface area contributed by atoms with Crippen LogP contribution in [0.15, 0.2) is 0 Å². The molecule has 0 heterocycles. The number of halogens is 1. The molecule has 0 bridgehead atoms. The van der Waals surface area contributed by atoms with Crippen molar-refractivity contribution in [3.8, 4) is 0 Å².